The second kappa shape index (κ2) is 7.49. The number of piperidine rings is 1. The smallest absolute Gasteiger partial charge is 0.282 e. The van der Waals surface area contributed by atoms with Crippen LogP contribution in [0.2, 0.25) is 0 Å². The van der Waals surface area contributed by atoms with Crippen molar-refractivity contribution < 1.29 is 19.2 Å². The molecule has 5 nitrogen and oxygen atoms in total. The molecule has 1 aliphatic heterocycles. The van der Waals surface area contributed by atoms with Crippen molar-refractivity contribution in [2.45, 2.75) is 32.7 Å². The number of methoxy groups -OCH3 is 2. The third kappa shape index (κ3) is 3.91. The average molecular weight is 307 g/mol. The highest BCUT2D eigenvalue weighted by Gasteiger charge is 2.29. The fourth-order valence-corrected chi connectivity index (χ4v) is 3.07. The Morgan fingerprint density at radius 3 is 2.68 bits per heavy atom. The first-order valence-corrected chi connectivity index (χ1v) is 7.92. The third-order valence-corrected chi connectivity index (χ3v) is 4.46. The van der Waals surface area contributed by atoms with Crippen molar-refractivity contribution in [3.63, 3.8) is 0 Å². The number of benzene rings is 1. The number of ether oxygens (including phenoxy) is 2. The van der Waals surface area contributed by atoms with Gasteiger partial charge in [-0.1, -0.05) is 6.92 Å². The van der Waals surface area contributed by atoms with Crippen LogP contribution in [0.3, 0.4) is 0 Å². The lowest BCUT2D eigenvalue weighted by atomic mass is 9.99. The number of nitrogens with one attached hydrogen (secondary N) is 2. The molecule has 1 aliphatic rings. The van der Waals surface area contributed by atoms with E-state index in [9.17, 15) is 4.79 Å². The number of anilines is 1. The molecule has 0 aromatic heterocycles. The standard InChI is InChI=1S/C17H26N2O3/c1-12-6-5-9-19(11-12)13(2)17(20)18-14-7-8-15(21-3)16(10-14)22-4/h7-8,10,12-13H,5-6,9,11H2,1-4H3,(H,18,20)/p+1/t12-,13-/m0/s1. The molecule has 0 spiro atoms. The van der Waals surface area contributed by atoms with Crippen LogP contribution in [-0.4, -0.2) is 39.3 Å². The van der Waals surface area contributed by atoms with E-state index in [0.717, 1.165) is 18.8 Å². The number of hydrogen-bond acceptors (Lipinski definition) is 3. The molecule has 1 heterocycles. The molecule has 122 valence electrons. The monoisotopic (exact) mass is 307 g/mol. The summed E-state index contributed by atoms with van der Waals surface area (Å²) in [5.41, 5.74) is 0.735. The van der Waals surface area contributed by atoms with Gasteiger partial charge in [-0.25, -0.2) is 0 Å². The normalized spacial score (nSPS) is 22.7. The van der Waals surface area contributed by atoms with E-state index in [2.05, 4.69) is 12.2 Å². The molecule has 1 saturated heterocycles. The summed E-state index contributed by atoms with van der Waals surface area (Å²) in [4.78, 5) is 13.8. The predicted octanol–water partition coefficient (Wildman–Crippen LogP) is 1.35. The molecular formula is C17H27N2O3+. The van der Waals surface area contributed by atoms with Crippen LogP contribution in [0.4, 0.5) is 5.69 Å². The van der Waals surface area contributed by atoms with Crippen LogP contribution in [0.15, 0.2) is 18.2 Å². The first kappa shape index (κ1) is 16.6. The summed E-state index contributed by atoms with van der Waals surface area (Å²) in [6.45, 7) is 6.41. The van der Waals surface area contributed by atoms with E-state index in [4.69, 9.17) is 9.47 Å². The Morgan fingerprint density at radius 2 is 2.05 bits per heavy atom. The van der Waals surface area contributed by atoms with Crippen molar-refractivity contribution in [2.24, 2.45) is 5.92 Å². The molecule has 1 amide bonds. The Morgan fingerprint density at radius 1 is 1.32 bits per heavy atom. The predicted molar refractivity (Wildman–Crippen MR) is 86.7 cm³/mol. The zero-order chi connectivity index (χ0) is 16.1. The SMILES string of the molecule is COc1ccc(NC(=O)[C@H](C)[NH+]2CCC[C@H](C)C2)cc1OC. The summed E-state index contributed by atoms with van der Waals surface area (Å²) in [5.74, 6) is 2.02. The van der Waals surface area contributed by atoms with Gasteiger partial charge in [-0.2, -0.15) is 0 Å². The molecule has 2 N–H and O–H groups in total. The summed E-state index contributed by atoms with van der Waals surface area (Å²) in [7, 11) is 3.18. The van der Waals surface area contributed by atoms with E-state index in [-0.39, 0.29) is 11.9 Å². The highest BCUT2D eigenvalue weighted by molar-refractivity contribution is 5.93. The van der Waals surface area contributed by atoms with Gasteiger partial charge in [0.05, 0.1) is 27.3 Å². The Hall–Kier alpha value is -1.75. The van der Waals surface area contributed by atoms with E-state index in [1.165, 1.54) is 17.7 Å². The van der Waals surface area contributed by atoms with E-state index in [0.29, 0.717) is 17.4 Å². The minimum Gasteiger partial charge on any atom is -0.493 e. The zero-order valence-electron chi connectivity index (χ0n) is 13.9. The van der Waals surface area contributed by atoms with Gasteiger partial charge in [-0.05, 0) is 31.9 Å². The first-order chi connectivity index (χ1) is 10.5. The topological polar surface area (TPSA) is 52.0 Å². The number of quaternary nitrogens is 1. The summed E-state index contributed by atoms with van der Waals surface area (Å²) in [6.07, 6.45) is 2.47. The van der Waals surface area contributed by atoms with Gasteiger partial charge < -0.3 is 19.7 Å². The van der Waals surface area contributed by atoms with Crippen molar-refractivity contribution in [3.8, 4) is 11.5 Å². The lowest BCUT2D eigenvalue weighted by molar-refractivity contribution is -0.922. The lowest BCUT2D eigenvalue weighted by Gasteiger charge is -2.31. The molecule has 1 aromatic rings. The van der Waals surface area contributed by atoms with Crippen LogP contribution in [0.1, 0.15) is 26.7 Å². The van der Waals surface area contributed by atoms with Gasteiger partial charge in [0.2, 0.25) is 0 Å². The Balaban J connectivity index is 2.01. The van der Waals surface area contributed by atoms with Crippen LogP contribution in [0, 0.1) is 5.92 Å². The largest absolute Gasteiger partial charge is 0.493 e. The van der Waals surface area contributed by atoms with Crippen LogP contribution in [0.25, 0.3) is 0 Å². The molecular weight excluding hydrogens is 280 g/mol. The number of rotatable bonds is 5. The van der Waals surface area contributed by atoms with Crippen molar-refractivity contribution in [1.82, 2.24) is 0 Å². The van der Waals surface area contributed by atoms with Gasteiger partial charge in [-0.3, -0.25) is 4.79 Å². The van der Waals surface area contributed by atoms with E-state index < -0.39 is 0 Å². The summed E-state index contributed by atoms with van der Waals surface area (Å²) in [5, 5.41) is 2.98. The third-order valence-electron chi connectivity index (χ3n) is 4.46. The fourth-order valence-electron chi connectivity index (χ4n) is 3.07. The van der Waals surface area contributed by atoms with Gasteiger partial charge in [0.15, 0.2) is 17.5 Å². The number of likely N-dealkylation sites (tertiary alicyclic amines) is 1. The van der Waals surface area contributed by atoms with Crippen molar-refractivity contribution in [3.05, 3.63) is 18.2 Å². The van der Waals surface area contributed by atoms with E-state index in [1.807, 2.05) is 13.0 Å². The van der Waals surface area contributed by atoms with E-state index in [1.54, 1.807) is 26.4 Å². The summed E-state index contributed by atoms with van der Waals surface area (Å²) >= 11 is 0. The summed E-state index contributed by atoms with van der Waals surface area (Å²) < 4.78 is 10.5. The molecule has 1 fully saturated rings. The zero-order valence-corrected chi connectivity index (χ0v) is 13.9. The van der Waals surface area contributed by atoms with Gasteiger partial charge in [0.25, 0.3) is 5.91 Å². The lowest BCUT2D eigenvalue weighted by Crippen LogP contribution is -3.17. The molecule has 0 saturated carbocycles. The average Bonchev–Trinajstić information content (AvgIpc) is 2.53. The summed E-state index contributed by atoms with van der Waals surface area (Å²) in [6, 6.07) is 5.38. The minimum atomic E-state index is -0.0455. The Bertz CT molecular complexity index is 519. The number of carbonyl (C=O) groups is 1. The van der Waals surface area contributed by atoms with E-state index >= 15 is 0 Å². The van der Waals surface area contributed by atoms with Gasteiger partial charge in [0, 0.05) is 17.7 Å². The molecule has 3 atom stereocenters. The number of carbonyl (C=O) groups excluding carboxylic acids is 1. The second-order valence-electron chi connectivity index (χ2n) is 6.14. The number of amides is 1. The first-order valence-electron chi connectivity index (χ1n) is 7.92. The maximum absolute atomic E-state index is 12.5. The van der Waals surface area contributed by atoms with Crippen LogP contribution in [-0.2, 0) is 4.79 Å². The van der Waals surface area contributed by atoms with Crippen LogP contribution in [0.5, 0.6) is 11.5 Å². The van der Waals surface area contributed by atoms with Crippen molar-refractivity contribution in [1.29, 1.82) is 0 Å². The maximum atomic E-state index is 12.5. The molecule has 5 heteroatoms. The highest BCUT2D eigenvalue weighted by Crippen LogP contribution is 2.29. The second-order valence-corrected chi connectivity index (χ2v) is 6.14. The quantitative estimate of drug-likeness (QED) is 0.863. The van der Waals surface area contributed by atoms with Crippen LogP contribution < -0.4 is 19.7 Å². The molecule has 0 aliphatic carbocycles. The molecule has 0 bridgehead atoms. The number of hydrogen-bond donors (Lipinski definition) is 2. The Kier molecular flexibility index (Phi) is 5.66. The minimum absolute atomic E-state index is 0.0455. The van der Waals surface area contributed by atoms with Gasteiger partial charge >= 0.3 is 0 Å². The molecule has 1 aromatic carbocycles. The maximum Gasteiger partial charge on any atom is 0.282 e. The molecule has 2 rings (SSSR count). The fraction of sp³-hybridized carbons (Fsp3) is 0.588. The molecule has 0 radical (unpaired) electrons. The highest BCUT2D eigenvalue weighted by atomic mass is 16.5. The van der Waals surface area contributed by atoms with Crippen LogP contribution >= 0.6 is 0 Å². The van der Waals surface area contributed by atoms with Gasteiger partial charge in [0.1, 0.15) is 0 Å². The Labute approximate surface area is 132 Å². The van der Waals surface area contributed by atoms with Crippen molar-refractivity contribution >= 4 is 11.6 Å². The molecule has 22 heavy (non-hydrogen) atoms. The molecule has 1 unspecified atom stereocenters. The van der Waals surface area contributed by atoms with Crippen molar-refractivity contribution in [2.75, 3.05) is 32.6 Å². The van der Waals surface area contributed by atoms with Gasteiger partial charge in [-0.15, -0.1) is 0 Å².